The molecule has 0 bridgehead atoms. The average Bonchev–Trinajstić information content (AvgIpc) is 2.76. The first kappa shape index (κ1) is 14.6. The Balaban J connectivity index is 2.34. The van der Waals surface area contributed by atoms with Gasteiger partial charge in [-0.25, -0.2) is 9.37 Å². The van der Waals surface area contributed by atoms with Gasteiger partial charge >= 0.3 is 0 Å². The van der Waals surface area contributed by atoms with Crippen molar-refractivity contribution < 1.29 is 4.39 Å². The summed E-state index contributed by atoms with van der Waals surface area (Å²) in [5, 5.41) is 2.88. The predicted octanol–water partition coefficient (Wildman–Crippen LogP) is 4.39. The van der Waals surface area contributed by atoms with Crippen molar-refractivity contribution in [2.75, 3.05) is 0 Å². The molecule has 1 unspecified atom stereocenters. The third kappa shape index (κ3) is 3.22. The van der Waals surface area contributed by atoms with Gasteiger partial charge in [-0.15, -0.1) is 11.3 Å². The van der Waals surface area contributed by atoms with E-state index in [0.29, 0.717) is 4.47 Å². The molecule has 2 rings (SSSR count). The zero-order chi connectivity index (χ0) is 14.2. The van der Waals surface area contributed by atoms with Gasteiger partial charge in [0.15, 0.2) is 0 Å². The van der Waals surface area contributed by atoms with Crippen molar-refractivity contribution in [1.82, 2.24) is 4.98 Å². The Morgan fingerprint density at radius 2 is 2.05 bits per heavy atom. The summed E-state index contributed by atoms with van der Waals surface area (Å²) in [6.07, 6.45) is 0. The largest absolute Gasteiger partial charge is 0.318 e. The first-order chi connectivity index (χ1) is 8.79. The van der Waals surface area contributed by atoms with Crippen molar-refractivity contribution >= 4 is 27.3 Å². The fourth-order valence-corrected chi connectivity index (χ4v) is 3.32. The van der Waals surface area contributed by atoms with Crippen molar-refractivity contribution in [2.24, 2.45) is 5.73 Å². The molecule has 0 radical (unpaired) electrons. The van der Waals surface area contributed by atoms with Crippen LogP contribution in [0, 0.1) is 5.82 Å². The minimum atomic E-state index is -0.337. The first-order valence-corrected chi connectivity index (χ1v) is 7.63. The van der Waals surface area contributed by atoms with Gasteiger partial charge in [0.2, 0.25) is 0 Å². The maximum absolute atomic E-state index is 13.1. The molecule has 1 aromatic heterocycles. The highest BCUT2D eigenvalue weighted by atomic mass is 79.9. The number of nitrogens with two attached hydrogens (primary N) is 1. The van der Waals surface area contributed by atoms with Crippen LogP contribution >= 0.6 is 27.3 Å². The van der Waals surface area contributed by atoms with E-state index in [1.165, 1.54) is 12.1 Å². The monoisotopic (exact) mass is 342 g/mol. The first-order valence-electron chi connectivity index (χ1n) is 5.95. The summed E-state index contributed by atoms with van der Waals surface area (Å²) in [6, 6.07) is 4.20. The van der Waals surface area contributed by atoms with Crippen molar-refractivity contribution in [3.05, 3.63) is 50.1 Å². The zero-order valence-corrected chi connectivity index (χ0v) is 13.5. The van der Waals surface area contributed by atoms with Crippen LogP contribution in [0.3, 0.4) is 0 Å². The Morgan fingerprint density at radius 3 is 2.58 bits per heavy atom. The highest BCUT2D eigenvalue weighted by Crippen LogP contribution is 2.31. The van der Waals surface area contributed by atoms with Crippen LogP contribution in [0.4, 0.5) is 4.39 Å². The quantitative estimate of drug-likeness (QED) is 0.878. The molecule has 0 spiro atoms. The second kappa shape index (κ2) is 5.31. The smallest absolute Gasteiger partial charge is 0.124 e. The Morgan fingerprint density at radius 1 is 1.37 bits per heavy atom. The second-order valence-corrected chi connectivity index (χ2v) is 7.21. The molecule has 1 aromatic carbocycles. The highest BCUT2D eigenvalue weighted by molar-refractivity contribution is 9.10. The zero-order valence-electron chi connectivity index (χ0n) is 11.1. The molecular formula is C14H16BrFN2S. The summed E-state index contributed by atoms with van der Waals surface area (Å²) < 4.78 is 13.8. The Labute approximate surface area is 125 Å². The molecule has 5 heteroatoms. The summed E-state index contributed by atoms with van der Waals surface area (Å²) >= 11 is 4.89. The number of aromatic nitrogens is 1. The minimum absolute atomic E-state index is 0.00843. The van der Waals surface area contributed by atoms with Gasteiger partial charge in [0.25, 0.3) is 0 Å². The molecule has 102 valence electrons. The van der Waals surface area contributed by atoms with E-state index < -0.39 is 0 Å². The van der Waals surface area contributed by atoms with Crippen LogP contribution in [-0.4, -0.2) is 4.98 Å². The van der Waals surface area contributed by atoms with Crippen LogP contribution in [0.2, 0.25) is 0 Å². The van der Waals surface area contributed by atoms with Crippen LogP contribution in [0.15, 0.2) is 28.1 Å². The van der Waals surface area contributed by atoms with Gasteiger partial charge in [-0.05, 0) is 17.7 Å². The fourth-order valence-electron chi connectivity index (χ4n) is 1.66. The molecule has 19 heavy (non-hydrogen) atoms. The lowest BCUT2D eigenvalue weighted by Gasteiger charge is -2.15. The van der Waals surface area contributed by atoms with Gasteiger partial charge in [0, 0.05) is 15.3 Å². The molecule has 0 aliphatic rings. The van der Waals surface area contributed by atoms with Gasteiger partial charge in [0.1, 0.15) is 10.8 Å². The van der Waals surface area contributed by atoms with Crippen LogP contribution < -0.4 is 5.73 Å². The van der Waals surface area contributed by atoms with E-state index in [4.69, 9.17) is 5.73 Å². The molecule has 0 saturated heterocycles. The van der Waals surface area contributed by atoms with Gasteiger partial charge in [-0.1, -0.05) is 42.8 Å². The molecule has 0 saturated carbocycles. The molecule has 1 atom stereocenters. The number of hydrogen-bond acceptors (Lipinski definition) is 3. The van der Waals surface area contributed by atoms with Gasteiger partial charge in [-0.2, -0.15) is 0 Å². The third-order valence-corrected chi connectivity index (χ3v) is 4.47. The maximum atomic E-state index is 13.1. The number of nitrogens with zero attached hydrogens (tertiary/aromatic N) is 1. The molecule has 0 aliphatic carbocycles. The Kier molecular flexibility index (Phi) is 4.08. The lowest BCUT2D eigenvalue weighted by molar-refractivity contribution is 0.569. The average molecular weight is 343 g/mol. The molecule has 0 amide bonds. The number of rotatable bonds is 2. The maximum Gasteiger partial charge on any atom is 0.124 e. The van der Waals surface area contributed by atoms with Gasteiger partial charge in [0.05, 0.1) is 11.7 Å². The van der Waals surface area contributed by atoms with E-state index >= 15 is 0 Å². The van der Waals surface area contributed by atoms with Gasteiger partial charge in [-0.3, -0.25) is 0 Å². The number of hydrogen-bond donors (Lipinski definition) is 1. The summed E-state index contributed by atoms with van der Waals surface area (Å²) in [7, 11) is 0. The second-order valence-electron chi connectivity index (χ2n) is 5.46. The van der Waals surface area contributed by atoms with Crippen molar-refractivity contribution in [3.8, 4) is 0 Å². The molecule has 0 fully saturated rings. The molecule has 2 aromatic rings. The van der Waals surface area contributed by atoms with E-state index in [2.05, 4.69) is 41.7 Å². The summed E-state index contributed by atoms with van der Waals surface area (Å²) in [4.78, 5) is 4.60. The summed E-state index contributed by atoms with van der Waals surface area (Å²) in [5.41, 5.74) is 8.10. The Bertz CT molecular complexity index is 589. The number of benzene rings is 1. The topological polar surface area (TPSA) is 38.9 Å². The van der Waals surface area contributed by atoms with E-state index in [0.717, 1.165) is 16.3 Å². The number of thiazole rings is 1. The lowest BCUT2D eigenvalue weighted by atomic mass is 9.93. The van der Waals surface area contributed by atoms with Crippen LogP contribution in [-0.2, 0) is 5.41 Å². The summed E-state index contributed by atoms with van der Waals surface area (Å²) in [6.45, 7) is 6.35. The van der Waals surface area contributed by atoms with Crippen LogP contribution in [0.25, 0.3) is 0 Å². The normalized spacial score (nSPS) is 13.6. The predicted molar refractivity (Wildman–Crippen MR) is 80.9 cm³/mol. The van der Waals surface area contributed by atoms with Crippen LogP contribution in [0.1, 0.15) is 43.1 Å². The Hall–Kier alpha value is -0.780. The van der Waals surface area contributed by atoms with Crippen molar-refractivity contribution in [1.29, 1.82) is 0 Å². The van der Waals surface area contributed by atoms with Gasteiger partial charge < -0.3 is 5.73 Å². The van der Waals surface area contributed by atoms with E-state index in [9.17, 15) is 4.39 Å². The SMILES string of the molecule is CC(C)(C)c1csc(C(N)c2ccc(F)cc2Br)n1. The molecule has 0 aliphatic heterocycles. The third-order valence-electron chi connectivity index (χ3n) is 2.85. The summed E-state index contributed by atoms with van der Waals surface area (Å²) in [5.74, 6) is -0.280. The van der Waals surface area contributed by atoms with Crippen molar-refractivity contribution in [2.45, 2.75) is 32.2 Å². The molecule has 1 heterocycles. The lowest BCUT2D eigenvalue weighted by Crippen LogP contribution is -2.15. The standard InChI is InChI=1S/C14H16BrFN2S/c1-14(2,3)11-7-19-13(18-11)12(17)9-5-4-8(16)6-10(9)15/h4-7,12H,17H2,1-3H3. The number of halogens is 2. The highest BCUT2D eigenvalue weighted by Gasteiger charge is 2.21. The van der Waals surface area contributed by atoms with E-state index in [1.807, 2.05) is 5.38 Å². The van der Waals surface area contributed by atoms with Crippen molar-refractivity contribution in [3.63, 3.8) is 0 Å². The molecule has 2 nitrogen and oxygen atoms in total. The molecular weight excluding hydrogens is 327 g/mol. The minimum Gasteiger partial charge on any atom is -0.318 e. The van der Waals surface area contributed by atoms with Crippen LogP contribution in [0.5, 0.6) is 0 Å². The fraction of sp³-hybridized carbons (Fsp3) is 0.357. The van der Waals surface area contributed by atoms with E-state index in [-0.39, 0.29) is 17.3 Å². The van der Waals surface area contributed by atoms with E-state index in [1.54, 1.807) is 17.4 Å². The molecule has 2 N–H and O–H groups in total.